The van der Waals surface area contributed by atoms with Crippen LogP contribution in [0.5, 0.6) is 0 Å². The number of carbonyl (C=O) groups is 1. The number of ketones is 1. The van der Waals surface area contributed by atoms with E-state index in [0.717, 1.165) is 41.6 Å². The maximum atomic E-state index is 12.5. The normalized spacial score (nSPS) is 50.7. The van der Waals surface area contributed by atoms with Gasteiger partial charge in [0.15, 0.2) is 5.78 Å². The summed E-state index contributed by atoms with van der Waals surface area (Å²) in [6.45, 7) is 9.26. The van der Waals surface area contributed by atoms with Crippen molar-refractivity contribution >= 4 is 5.78 Å². The van der Waals surface area contributed by atoms with Gasteiger partial charge in [-0.3, -0.25) is 4.79 Å². The molecule has 5 fully saturated rings. The van der Waals surface area contributed by atoms with Crippen molar-refractivity contribution in [1.82, 2.24) is 5.32 Å². The molecule has 5 aliphatic carbocycles. The van der Waals surface area contributed by atoms with E-state index in [1.165, 1.54) is 37.8 Å². The molecule has 0 aromatic heterocycles. The third kappa shape index (κ3) is 1.98. The van der Waals surface area contributed by atoms with E-state index in [1.54, 1.807) is 0 Å². The smallest absolute Gasteiger partial charge is 0.161 e. The largest absolute Gasteiger partial charge is 0.385 e. The van der Waals surface area contributed by atoms with E-state index in [4.69, 9.17) is 0 Å². The van der Waals surface area contributed by atoms with Gasteiger partial charge in [0.2, 0.25) is 0 Å². The van der Waals surface area contributed by atoms with Gasteiger partial charge in [0.25, 0.3) is 0 Å². The van der Waals surface area contributed by atoms with E-state index in [2.05, 4.69) is 33.0 Å². The summed E-state index contributed by atoms with van der Waals surface area (Å²) in [6, 6.07) is 0.531. The molecule has 0 aromatic carbocycles. The predicted octanol–water partition coefficient (Wildman–Crippen LogP) is 4.56. The van der Waals surface area contributed by atoms with E-state index in [9.17, 15) is 4.79 Å². The molecule has 8 atom stereocenters. The minimum Gasteiger partial charge on any atom is -0.385 e. The lowest BCUT2D eigenvalue weighted by Gasteiger charge is -2.46. The zero-order valence-electron chi connectivity index (χ0n) is 15.8. The Kier molecular flexibility index (Phi) is 3.15. The van der Waals surface area contributed by atoms with Crippen LogP contribution in [0.1, 0.15) is 66.2 Å². The van der Waals surface area contributed by atoms with Crippen molar-refractivity contribution in [2.24, 2.45) is 46.8 Å². The van der Waals surface area contributed by atoms with Crippen LogP contribution in [0.3, 0.4) is 0 Å². The van der Waals surface area contributed by atoms with Gasteiger partial charge in [-0.25, -0.2) is 0 Å². The van der Waals surface area contributed by atoms with Crippen LogP contribution in [0.25, 0.3) is 0 Å². The van der Waals surface area contributed by atoms with Crippen LogP contribution in [0, 0.1) is 46.8 Å². The molecule has 0 heterocycles. The van der Waals surface area contributed by atoms with Crippen molar-refractivity contribution in [2.75, 3.05) is 0 Å². The van der Waals surface area contributed by atoms with Gasteiger partial charge >= 0.3 is 0 Å². The zero-order valence-corrected chi connectivity index (χ0v) is 15.8. The first kappa shape index (κ1) is 15.5. The van der Waals surface area contributed by atoms with E-state index in [-0.39, 0.29) is 0 Å². The maximum absolute atomic E-state index is 12.5. The highest BCUT2D eigenvalue weighted by molar-refractivity contribution is 6.01. The van der Waals surface area contributed by atoms with Gasteiger partial charge in [-0.2, -0.15) is 0 Å². The second-order valence-corrected chi connectivity index (χ2v) is 10.4. The molecule has 5 aliphatic rings. The topological polar surface area (TPSA) is 29.1 Å². The zero-order chi connectivity index (χ0) is 16.8. The molecule has 0 radical (unpaired) electrons. The van der Waals surface area contributed by atoms with Crippen molar-refractivity contribution in [3.05, 3.63) is 11.3 Å². The molecule has 2 heteroatoms. The van der Waals surface area contributed by atoms with E-state index in [1.807, 2.05) is 0 Å². The van der Waals surface area contributed by atoms with Gasteiger partial charge < -0.3 is 5.32 Å². The molecule has 3 bridgehead atoms. The number of rotatable bonds is 3. The molecule has 0 spiro atoms. The van der Waals surface area contributed by atoms with Crippen molar-refractivity contribution in [3.8, 4) is 0 Å². The lowest BCUT2D eigenvalue weighted by Crippen LogP contribution is -2.46. The summed E-state index contributed by atoms with van der Waals surface area (Å²) < 4.78 is 0. The molecular weight excluding hydrogens is 294 g/mol. The summed E-state index contributed by atoms with van der Waals surface area (Å²) in [5, 5.41) is 3.84. The van der Waals surface area contributed by atoms with Gasteiger partial charge in [0.1, 0.15) is 0 Å². The molecule has 1 N–H and O–H groups in total. The number of nitrogens with one attached hydrogen (secondary N) is 1. The third-order valence-electron chi connectivity index (χ3n) is 8.92. The fourth-order valence-electron chi connectivity index (χ4n) is 7.86. The Balaban J connectivity index is 1.36. The highest BCUT2D eigenvalue weighted by atomic mass is 16.1. The number of Topliss-reactive ketones (excluding diaryl/α,β-unsaturated/α-hetero) is 1. The SMILES string of the molecule is C/C(NC(C)C1C2CCC3CC(C2)CC31)=C1/C(=O)C[C@@H]2[C@H]1C2(C)C. The van der Waals surface area contributed by atoms with Crippen LogP contribution in [-0.4, -0.2) is 11.8 Å². The molecule has 24 heavy (non-hydrogen) atoms. The Labute approximate surface area is 146 Å². The van der Waals surface area contributed by atoms with Crippen LogP contribution in [0.15, 0.2) is 11.3 Å². The maximum Gasteiger partial charge on any atom is 0.161 e. The van der Waals surface area contributed by atoms with Gasteiger partial charge in [-0.05, 0) is 92.8 Å². The fraction of sp³-hybridized carbons (Fsp3) is 0.864. The Morgan fingerprint density at radius 2 is 1.88 bits per heavy atom. The summed E-state index contributed by atoms with van der Waals surface area (Å²) in [6.07, 6.45) is 8.23. The van der Waals surface area contributed by atoms with Gasteiger partial charge in [0.05, 0.1) is 0 Å². The quantitative estimate of drug-likeness (QED) is 0.770. The summed E-state index contributed by atoms with van der Waals surface area (Å²) in [5.74, 6) is 6.38. The van der Waals surface area contributed by atoms with Crippen LogP contribution >= 0.6 is 0 Å². The van der Waals surface area contributed by atoms with Crippen molar-refractivity contribution in [2.45, 2.75) is 72.3 Å². The molecule has 0 aliphatic heterocycles. The molecule has 0 saturated heterocycles. The molecule has 6 unspecified atom stereocenters. The fourth-order valence-corrected chi connectivity index (χ4v) is 7.86. The summed E-state index contributed by atoms with van der Waals surface area (Å²) in [5.41, 5.74) is 2.72. The van der Waals surface area contributed by atoms with E-state index in [0.29, 0.717) is 29.1 Å². The standard InChI is InChI=1S/C22H33NO/c1-11(19-15-6-5-14-7-13(8-15)9-16(14)19)23-12(2)20-18(24)10-17-21(20)22(17,3)4/h11,13-17,19,21,23H,5-10H2,1-4H3/b20-12+/t11?,13?,14?,15?,16?,17-,19?,21-/m1/s1. The van der Waals surface area contributed by atoms with Gasteiger partial charge in [-0.15, -0.1) is 0 Å². The van der Waals surface area contributed by atoms with Gasteiger partial charge in [-0.1, -0.05) is 13.8 Å². The molecule has 0 amide bonds. The Bertz CT molecular complexity index is 617. The number of carbonyl (C=O) groups excluding carboxylic acids is 1. The van der Waals surface area contributed by atoms with Crippen molar-refractivity contribution in [3.63, 3.8) is 0 Å². The number of hydrogen-bond donors (Lipinski definition) is 1. The molecule has 132 valence electrons. The van der Waals surface area contributed by atoms with Crippen molar-refractivity contribution in [1.29, 1.82) is 0 Å². The van der Waals surface area contributed by atoms with Crippen LogP contribution in [-0.2, 0) is 4.79 Å². The highest BCUT2D eigenvalue weighted by Gasteiger charge is 2.65. The third-order valence-corrected chi connectivity index (χ3v) is 8.92. The molecule has 5 saturated carbocycles. The van der Waals surface area contributed by atoms with Crippen molar-refractivity contribution < 1.29 is 4.79 Å². The monoisotopic (exact) mass is 327 g/mol. The predicted molar refractivity (Wildman–Crippen MR) is 96.2 cm³/mol. The first-order chi connectivity index (χ1) is 11.4. The average molecular weight is 328 g/mol. The second-order valence-electron chi connectivity index (χ2n) is 10.4. The lowest BCUT2D eigenvalue weighted by molar-refractivity contribution is -0.115. The first-order valence-electron chi connectivity index (χ1n) is 10.4. The summed E-state index contributed by atoms with van der Waals surface area (Å²) in [4.78, 5) is 12.5. The molecular formula is C22H33NO. The van der Waals surface area contributed by atoms with Crippen LogP contribution in [0.4, 0.5) is 0 Å². The van der Waals surface area contributed by atoms with E-state index >= 15 is 0 Å². The van der Waals surface area contributed by atoms with Gasteiger partial charge in [0, 0.05) is 23.7 Å². The Hall–Kier alpha value is -0.790. The minimum atomic E-state index is 0.359. The number of fused-ring (bicyclic) bond motifs is 3. The molecule has 2 nitrogen and oxygen atoms in total. The van der Waals surface area contributed by atoms with E-state index < -0.39 is 0 Å². The minimum absolute atomic E-state index is 0.359. The number of hydrogen-bond acceptors (Lipinski definition) is 2. The average Bonchev–Trinajstić information content (AvgIpc) is 2.80. The first-order valence-corrected chi connectivity index (χ1v) is 10.4. The Morgan fingerprint density at radius 3 is 2.62 bits per heavy atom. The summed E-state index contributed by atoms with van der Waals surface area (Å²) in [7, 11) is 0. The molecule has 0 aromatic rings. The summed E-state index contributed by atoms with van der Waals surface area (Å²) >= 11 is 0. The Morgan fingerprint density at radius 1 is 1.17 bits per heavy atom. The highest BCUT2D eigenvalue weighted by Crippen LogP contribution is 2.68. The second kappa shape index (κ2) is 4.89. The lowest BCUT2D eigenvalue weighted by atomic mass is 9.62. The molecule has 5 rings (SSSR count). The number of allylic oxidation sites excluding steroid dienone is 2. The van der Waals surface area contributed by atoms with Crippen LogP contribution in [0.2, 0.25) is 0 Å². The van der Waals surface area contributed by atoms with Crippen LogP contribution < -0.4 is 5.32 Å².